The van der Waals surface area contributed by atoms with Gasteiger partial charge in [-0.05, 0) is 24.6 Å². The smallest absolute Gasteiger partial charge is 0.353 e. The molecule has 30 heavy (non-hydrogen) atoms. The number of nitro groups is 1. The Morgan fingerprint density at radius 1 is 1.13 bits per heavy atom. The molecule has 0 spiro atoms. The van der Waals surface area contributed by atoms with Gasteiger partial charge in [0.15, 0.2) is 0 Å². The second-order valence-corrected chi connectivity index (χ2v) is 6.50. The van der Waals surface area contributed by atoms with Gasteiger partial charge in [-0.25, -0.2) is 14.8 Å². The Labute approximate surface area is 173 Å². The molecule has 0 aliphatic rings. The third kappa shape index (κ3) is 4.19. The minimum absolute atomic E-state index is 0.0501. The highest BCUT2D eigenvalue weighted by atomic mass is 16.6. The zero-order valence-electron chi connectivity index (χ0n) is 16.8. The molecule has 3 rings (SSSR count). The largest absolute Gasteiger partial charge is 0.465 e. The van der Waals surface area contributed by atoms with Gasteiger partial charge in [0, 0.05) is 7.05 Å². The van der Waals surface area contributed by atoms with Gasteiger partial charge >= 0.3 is 11.7 Å². The minimum Gasteiger partial charge on any atom is -0.465 e. The van der Waals surface area contributed by atoms with Gasteiger partial charge in [-0.15, -0.1) is 0 Å². The highest BCUT2D eigenvalue weighted by Crippen LogP contribution is 2.37. The van der Waals surface area contributed by atoms with Crippen LogP contribution in [0.1, 0.15) is 28.9 Å². The van der Waals surface area contributed by atoms with E-state index < -0.39 is 10.9 Å². The van der Waals surface area contributed by atoms with Crippen molar-refractivity contribution in [3.05, 3.63) is 82.2 Å². The van der Waals surface area contributed by atoms with Crippen molar-refractivity contribution in [2.24, 2.45) is 0 Å². The number of aromatic nitrogens is 2. The van der Waals surface area contributed by atoms with E-state index in [4.69, 9.17) is 4.74 Å². The van der Waals surface area contributed by atoms with Crippen molar-refractivity contribution < 1.29 is 14.5 Å². The molecule has 1 N–H and O–H groups in total. The first-order valence-corrected chi connectivity index (χ1v) is 9.16. The van der Waals surface area contributed by atoms with Crippen LogP contribution in [-0.2, 0) is 4.74 Å². The van der Waals surface area contributed by atoms with Crippen molar-refractivity contribution in [2.75, 3.05) is 24.4 Å². The lowest BCUT2D eigenvalue weighted by atomic mass is 10.1. The van der Waals surface area contributed by atoms with Gasteiger partial charge in [0.25, 0.3) is 0 Å². The number of anilines is 3. The fourth-order valence-electron chi connectivity index (χ4n) is 3.08. The molecule has 1 atom stereocenters. The maximum atomic E-state index is 12.1. The van der Waals surface area contributed by atoms with Crippen LogP contribution in [0, 0.1) is 10.1 Å². The summed E-state index contributed by atoms with van der Waals surface area (Å²) in [5.41, 5.74) is 1.36. The quantitative estimate of drug-likeness (QED) is 0.354. The van der Waals surface area contributed by atoms with Crippen molar-refractivity contribution in [2.45, 2.75) is 13.0 Å². The van der Waals surface area contributed by atoms with Gasteiger partial charge in [0.2, 0.25) is 11.6 Å². The number of hydrogen-bond acceptors (Lipinski definition) is 8. The summed E-state index contributed by atoms with van der Waals surface area (Å²) in [6.45, 7) is 1.89. The maximum absolute atomic E-state index is 12.1. The molecule has 1 unspecified atom stereocenters. The molecular weight excluding hydrogens is 386 g/mol. The summed E-state index contributed by atoms with van der Waals surface area (Å²) in [4.78, 5) is 33.2. The summed E-state index contributed by atoms with van der Waals surface area (Å²) in [6.07, 6.45) is 1.25. The van der Waals surface area contributed by atoms with Crippen LogP contribution in [0.5, 0.6) is 0 Å². The first-order valence-electron chi connectivity index (χ1n) is 9.16. The summed E-state index contributed by atoms with van der Waals surface area (Å²) in [5, 5.41) is 15.0. The zero-order valence-corrected chi connectivity index (χ0v) is 16.8. The highest BCUT2D eigenvalue weighted by molar-refractivity contribution is 5.97. The van der Waals surface area contributed by atoms with E-state index in [1.807, 2.05) is 37.3 Å². The molecule has 0 radical (unpaired) electrons. The lowest BCUT2D eigenvalue weighted by molar-refractivity contribution is -0.383. The van der Waals surface area contributed by atoms with Gasteiger partial charge in [-0.2, -0.15) is 0 Å². The zero-order chi connectivity index (χ0) is 21.7. The third-order valence-electron chi connectivity index (χ3n) is 4.63. The number of methoxy groups -OCH3 is 1. The maximum Gasteiger partial charge on any atom is 0.353 e. The average molecular weight is 407 g/mol. The Balaban J connectivity index is 2.04. The number of carbonyl (C=O) groups is 1. The van der Waals surface area contributed by atoms with E-state index in [0.29, 0.717) is 5.69 Å². The molecular formula is C21H21N5O4. The van der Waals surface area contributed by atoms with Gasteiger partial charge in [-0.3, -0.25) is 10.1 Å². The van der Waals surface area contributed by atoms with E-state index in [2.05, 4.69) is 15.3 Å². The summed E-state index contributed by atoms with van der Waals surface area (Å²) in [7, 11) is 2.88. The predicted molar refractivity (Wildman–Crippen MR) is 113 cm³/mol. The number of ether oxygens (including phenoxy) is 1. The standard InChI is InChI=1S/C21H21N5O4/c1-14(15-9-5-4-6-10-15)24-19-18(26(28)29)20(23-13-22-19)25(2)17-12-8-7-11-16(17)21(27)30-3/h4-14H,1-3H3,(H,22,23,24). The number of esters is 1. The fraction of sp³-hybridized carbons (Fsp3) is 0.190. The minimum atomic E-state index is -0.551. The molecule has 0 amide bonds. The Bertz CT molecular complexity index is 1060. The third-order valence-corrected chi connectivity index (χ3v) is 4.63. The van der Waals surface area contributed by atoms with E-state index in [0.717, 1.165) is 5.56 Å². The van der Waals surface area contributed by atoms with Crippen LogP contribution in [0.4, 0.5) is 23.0 Å². The Hall–Kier alpha value is -4.01. The molecule has 154 valence electrons. The van der Waals surface area contributed by atoms with Crippen molar-refractivity contribution in [3.8, 4) is 0 Å². The van der Waals surface area contributed by atoms with Crippen molar-refractivity contribution >= 4 is 29.0 Å². The van der Waals surface area contributed by atoms with Gasteiger partial charge in [-0.1, -0.05) is 42.5 Å². The second-order valence-electron chi connectivity index (χ2n) is 6.50. The topological polar surface area (TPSA) is 110 Å². The molecule has 0 bridgehead atoms. The molecule has 9 heteroatoms. The lowest BCUT2D eigenvalue weighted by Crippen LogP contribution is -2.19. The number of rotatable bonds is 7. The molecule has 9 nitrogen and oxygen atoms in total. The van der Waals surface area contributed by atoms with Crippen molar-refractivity contribution in [3.63, 3.8) is 0 Å². The van der Waals surface area contributed by atoms with Crippen LogP contribution < -0.4 is 10.2 Å². The van der Waals surface area contributed by atoms with Crippen LogP contribution in [-0.4, -0.2) is 35.0 Å². The molecule has 3 aromatic rings. The van der Waals surface area contributed by atoms with Gasteiger partial charge < -0.3 is 15.0 Å². The Kier molecular flexibility index (Phi) is 6.21. The average Bonchev–Trinajstić information content (AvgIpc) is 2.78. The van der Waals surface area contributed by atoms with Gasteiger partial charge in [0.1, 0.15) is 6.33 Å². The van der Waals surface area contributed by atoms with Crippen molar-refractivity contribution in [1.82, 2.24) is 9.97 Å². The normalized spacial score (nSPS) is 11.4. The monoisotopic (exact) mass is 407 g/mol. The van der Waals surface area contributed by atoms with E-state index >= 15 is 0 Å². The Morgan fingerprint density at radius 3 is 2.47 bits per heavy atom. The number of benzene rings is 2. The van der Waals surface area contributed by atoms with Crippen LogP contribution in [0.25, 0.3) is 0 Å². The van der Waals surface area contributed by atoms with E-state index in [1.54, 1.807) is 31.3 Å². The van der Waals surface area contributed by atoms with Crippen LogP contribution in [0.15, 0.2) is 60.9 Å². The molecule has 0 saturated heterocycles. The van der Waals surface area contributed by atoms with Gasteiger partial charge in [0.05, 0.1) is 29.3 Å². The Morgan fingerprint density at radius 2 is 1.80 bits per heavy atom. The molecule has 0 fully saturated rings. The van der Waals surface area contributed by atoms with E-state index in [9.17, 15) is 14.9 Å². The van der Waals surface area contributed by atoms with Crippen LogP contribution >= 0.6 is 0 Å². The lowest BCUT2D eigenvalue weighted by Gasteiger charge is -2.22. The summed E-state index contributed by atoms with van der Waals surface area (Å²) >= 11 is 0. The highest BCUT2D eigenvalue weighted by Gasteiger charge is 2.28. The first kappa shape index (κ1) is 20.7. The fourth-order valence-corrected chi connectivity index (χ4v) is 3.08. The number of carbonyl (C=O) groups excluding carboxylic acids is 1. The molecule has 1 aromatic heterocycles. The molecule has 2 aromatic carbocycles. The first-order chi connectivity index (χ1) is 14.4. The molecule has 0 saturated carbocycles. The van der Waals surface area contributed by atoms with Crippen LogP contribution in [0.2, 0.25) is 0 Å². The summed E-state index contributed by atoms with van der Waals surface area (Å²) in [6, 6.07) is 16.0. The molecule has 1 heterocycles. The molecule has 0 aliphatic carbocycles. The second kappa shape index (κ2) is 8.99. The van der Waals surface area contributed by atoms with Crippen LogP contribution in [0.3, 0.4) is 0 Å². The van der Waals surface area contributed by atoms with E-state index in [1.165, 1.54) is 18.3 Å². The molecule has 0 aliphatic heterocycles. The number of para-hydroxylation sites is 1. The van der Waals surface area contributed by atoms with Crippen molar-refractivity contribution in [1.29, 1.82) is 0 Å². The summed E-state index contributed by atoms with van der Waals surface area (Å²) in [5.74, 6) is -0.414. The van der Waals surface area contributed by atoms with E-state index in [-0.39, 0.29) is 28.9 Å². The number of nitrogens with one attached hydrogen (secondary N) is 1. The number of hydrogen-bond donors (Lipinski definition) is 1. The summed E-state index contributed by atoms with van der Waals surface area (Å²) < 4.78 is 4.82. The predicted octanol–water partition coefficient (Wildman–Crippen LogP) is 4.11. The number of nitrogens with zero attached hydrogens (tertiary/aromatic N) is 4. The SMILES string of the molecule is COC(=O)c1ccccc1N(C)c1ncnc(NC(C)c2ccccc2)c1[N+](=O)[O-].